The van der Waals surface area contributed by atoms with Gasteiger partial charge in [-0.3, -0.25) is 0 Å². The molecule has 2 aliphatic rings. The Morgan fingerprint density at radius 2 is 2.27 bits per heavy atom. The van der Waals surface area contributed by atoms with Gasteiger partial charge in [-0.1, -0.05) is 12.2 Å². The third-order valence-electron chi connectivity index (χ3n) is 2.75. The molecule has 2 heteroatoms. The topological polar surface area (TPSA) is 26.3 Å². The van der Waals surface area contributed by atoms with Crippen molar-refractivity contribution < 1.29 is 9.53 Å². The third-order valence-corrected chi connectivity index (χ3v) is 2.75. The van der Waals surface area contributed by atoms with E-state index in [1.807, 2.05) is 19.9 Å². The average Bonchev–Trinajstić information content (AvgIpc) is 2.36. The van der Waals surface area contributed by atoms with Crippen molar-refractivity contribution >= 4 is 6.29 Å². The molecule has 0 N–H and O–H groups in total. The standard InChI is InChI=1S/C9H12O2/c1-8-3-4-9(2,11-8)7(5-8)6-10/h3-4,6-7H,5H2,1-2H3/t7-,8-,9+/m1/s1. The molecule has 0 aromatic carbocycles. The van der Waals surface area contributed by atoms with Crippen molar-refractivity contribution in [3.05, 3.63) is 12.2 Å². The molecule has 1 fully saturated rings. The lowest BCUT2D eigenvalue weighted by Gasteiger charge is -2.20. The molecule has 2 aliphatic heterocycles. The largest absolute Gasteiger partial charge is 0.360 e. The molecule has 2 bridgehead atoms. The second-order valence-electron chi connectivity index (χ2n) is 3.88. The molecule has 0 aromatic rings. The van der Waals surface area contributed by atoms with Crippen LogP contribution in [0.5, 0.6) is 0 Å². The molecule has 0 aromatic heterocycles. The lowest BCUT2D eigenvalue weighted by molar-refractivity contribution is -0.114. The van der Waals surface area contributed by atoms with Gasteiger partial charge in [-0.15, -0.1) is 0 Å². The van der Waals surface area contributed by atoms with Crippen LogP contribution in [0.2, 0.25) is 0 Å². The van der Waals surface area contributed by atoms with Gasteiger partial charge in [0.1, 0.15) is 6.29 Å². The summed E-state index contributed by atoms with van der Waals surface area (Å²) in [6.07, 6.45) is 5.92. The van der Waals surface area contributed by atoms with Gasteiger partial charge in [0.05, 0.1) is 17.1 Å². The van der Waals surface area contributed by atoms with Crippen molar-refractivity contribution in [2.75, 3.05) is 0 Å². The normalized spacial score (nSPS) is 53.5. The number of hydrogen-bond donors (Lipinski definition) is 0. The Bertz CT molecular complexity index is 234. The summed E-state index contributed by atoms with van der Waals surface area (Å²) in [5.74, 6) is 0.0532. The van der Waals surface area contributed by atoms with Crippen molar-refractivity contribution in [1.82, 2.24) is 0 Å². The molecular weight excluding hydrogens is 140 g/mol. The molecule has 0 radical (unpaired) electrons. The lowest BCUT2D eigenvalue weighted by Crippen LogP contribution is -2.28. The molecule has 0 unspecified atom stereocenters. The van der Waals surface area contributed by atoms with Crippen molar-refractivity contribution in [2.45, 2.75) is 31.5 Å². The molecule has 0 aliphatic carbocycles. The second kappa shape index (κ2) is 1.75. The van der Waals surface area contributed by atoms with E-state index in [2.05, 4.69) is 6.08 Å². The number of aldehydes is 1. The van der Waals surface area contributed by atoms with E-state index in [1.165, 1.54) is 0 Å². The zero-order chi connectivity index (χ0) is 8.11. The fourth-order valence-corrected chi connectivity index (χ4v) is 2.04. The van der Waals surface area contributed by atoms with Gasteiger partial charge in [-0.05, 0) is 20.3 Å². The van der Waals surface area contributed by atoms with Crippen LogP contribution in [0, 0.1) is 5.92 Å². The van der Waals surface area contributed by atoms with Crippen LogP contribution in [-0.2, 0) is 9.53 Å². The molecule has 0 amide bonds. The zero-order valence-corrected chi connectivity index (χ0v) is 6.83. The molecule has 3 atom stereocenters. The van der Waals surface area contributed by atoms with E-state index in [1.54, 1.807) is 0 Å². The maximum Gasteiger partial charge on any atom is 0.126 e. The first-order valence-corrected chi connectivity index (χ1v) is 3.94. The minimum Gasteiger partial charge on any atom is -0.360 e. The monoisotopic (exact) mass is 152 g/mol. The summed E-state index contributed by atoms with van der Waals surface area (Å²) in [5.41, 5.74) is -0.475. The molecule has 2 rings (SSSR count). The van der Waals surface area contributed by atoms with Crippen LogP contribution < -0.4 is 0 Å². The van der Waals surface area contributed by atoms with E-state index in [0.29, 0.717) is 0 Å². The predicted molar refractivity (Wildman–Crippen MR) is 41.2 cm³/mol. The van der Waals surface area contributed by atoms with E-state index < -0.39 is 0 Å². The van der Waals surface area contributed by atoms with Gasteiger partial charge in [0, 0.05) is 0 Å². The Morgan fingerprint density at radius 1 is 1.55 bits per heavy atom. The van der Waals surface area contributed by atoms with Gasteiger partial charge in [0.15, 0.2) is 0 Å². The van der Waals surface area contributed by atoms with Crippen molar-refractivity contribution in [3.63, 3.8) is 0 Å². The molecule has 2 heterocycles. The molecule has 60 valence electrons. The average molecular weight is 152 g/mol. The predicted octanol–water partition coefficient (Wildman–Crippen LogP) is 1.31. The molecule has 1 saturated heterocycles. The highest BCUT2D eigenvalue weighted by atomic mass is 16.5. The van der Waals surface area contributed by atoms with Gasteiger partial charge in [0.2, 0.25) is 0 Å². The minimum atomic E-state index is -0.309. The number of rotatable bonds is 1. The third kappa shape index (κ3) is 0.791. The van der Waals surface area contributed by atoms with E-state index in [0.717, 1.165) is 12.7 Å². The molecule has 0 spiro atoms. The smallest absolute Gasteiger partial charge is 0.126 e. The Labute approximate surface area is 66.2 Å². The highest BCUT2D eigenvalue weighted by Gasteiger charge is 2.52. The van der Waals surface area contributed by atoms with Gasteiger partial charge in [0.25, 0.3) is 0 Å². The summed E-state index contributed by atoms with van der Waals surface area (Å²) in [7, 11) is 0. The fraction of sp³-hybridized carbons (Fsp3) is 0.667. The number of carbonyl (C=O) groups excluding carboxylic acids is 1. The quantitative estimate of drug-likeness (QED) is 0.418. The summed E-state index contributed by atoms with van der Waals surface area (Å²) in [6, 6.07) is 0. The number of fused-ring (bicyclic) bond motifs is 2. The van der Waals surface area contributed by atoms with Crippen molar-refractivity contribution in [1.29, 1.82) is 0 Å². The maximum absolute atomic E-state index is 10.6. The molecule has 2 nitrogen and oxygen atoms in total. The van der Waals surface area contributed by atoms with Crippen LogP contribution in [0.25, 0.3) is 0 Å². The second-order valence-corrected chi connectivity index (χ2v) is 3.88. The summed E-state index contributed by atoms with van der Waals surface area (Å²) in [6.45, 7) is 4.00. The fourth-order valence-electron chi connectivity index (χ4n) is 2.04. The van der Waals surface area contributed by atoms with Crippen LogP contribution in [-0.4, -0.2) is 17.5 Å². The summed E-state index contributed by atoms with van der Waals surface area (Å²) >= 11 is 0. The van der Waals surface area contributed by atoms with Crippen molar-refractivity contribution in [3.8, 4) is 0 Å². The molecular formula is C9H12O2. The van der Waals surface area contributed by atoms with Gasteiger partial charge in [-0.25, -0.2) is 0 Å². The van der Waals surface area contributed by atoms with E-state index in [-0.39, 0.29) is 17.1 Å². The SMILES string of the molecule is C[C@]12C=C[C@](C)(O1)[C@@H](C=O)C2. The first-order valence-electron chi connectivity index (χ1n) is 3.94. The van der Waals surface area contributed by atoms with Crippen molar-refractivity contribution in [2.24, 2.45) is 5.92 Å². The Hall–Kier alpha value is -0.630. The lowest BCUT2D eigenvalue weighted by atomic mass is 9.81. The highest BCUT2D eigenvalue weighted by molar-refractivity contribution is 5.59. The van der Waals surface area contributed by atoms with Crippen LogP contribution in [0.1, 0.15) is 20.3 Å². The van der Waals surface area contributed by atoms with E-state index >= 15 is 0 Å². The summed E-state index contributed by atoms with van der Waals surface area (Å²) in [5, 5.41) is 0. The van der Waals surface area contributed by atoms with E-state index in [9.17, 15) is 4.79 Å². The van der Waals surface area contributed by atoms with Crippen LogP contribution in [0.3, 0.4) is 0 Å². The number of carbonyl (C=O) groups is 1. The number of hydrogen-bond acceptors (Lipinski definition) is 2. The number of ether oxygens (including phenoxy) is 1. The minimum absolute atomic E-state index is 0.0532. The summed E-state index contributed by atoms with van der Waals surface area (Å²) in [4.78, 5) is 10.6. The zero-order valence-electron chi connectivity index (χ0n) is 6.83. The highest BCUT2D eigenvalue weighted by Crippen LogP contribution is 2.48. The Balaban J connectivity index is 2.36. The van der Waals surface area contributed by atoms with Gasteiger partial charge < -0.3 is 9.53 Å². The first-order chi connectivity index (χ1) is 5.08. The Morgan fingerprint density at radius 3 is 2.55 bits per heavy atom. The van der Waals surface area contributed by atoms with E-state index in [4.69, 9.17) is 4.74 Å². The first kappa shape index (κ1) is 7.04. The Kier molecular flexibility index (Phi) is 1.12. The van der Waals surface area contributed by atoms with Crippen LogP contribution in [0.4, 0.5) is 0 Å². The van der Waals surface area contributed by atoms with Crippen LogP contribution in [0.15, 0.2) is 12.2 Å². The van der Waals surface area contributed by atoms with Gasteiger partial charge >= 0.3 is 0 Å². The van der Waals surface area contributed by atoms with Crippen LogP contribution >= 0.6 is 0 Å². The van der Waals surface area contributed by atoms with Gasteiger partial charge in [-0.2, -0.15) is 0 Å². The molecule has 11 heavy (non-hydrogen) atoms. The molecule has 0 saturated carbocycles. The maximum atomic E-state index is 10.6. The summed E-state index contributed by atoms with van der Waals surface area (Å²) < 4.78 is 5.71.